The van der Waals surface area contributed by atoms with Crippen LogP contribution in [0, 0.1) is 19.7 Å². The summed E-state index contributed by atoms with van der Waals surface area (Å²) < 4.78 is 15.6. The van der Waals surface area contributed by atoms with Crippen molar-refractivity contribution < 1.29 is 14.3 Å². The maximum atomic E-state index is 13.9. The number of hydrogen-bond acceptors (Lipinski definition) is 2. The van der Waals surface area contributed by atoms with E-state index < -0.39 is 5.97 Å². The molecule has 0 atom stereocenters. The van der Waals surface area contributed by atoms with Crippen LogP contribution in [0.1, 0.15) is 23.5 Å². The van der Waals surface area contributed by atoms with Crippen molar-refractivity contribution in [1.29, 1.82) is 0 Å². The molecule has 100 valence electrons. The number of carbonyl (C=O) groups is 1. The number of aromatic nitrogens is 2. The highest BCUT2D eigenvalue weighted by atomic mass is 19.1. The van der Waals surface area contributed by atoms with Crippen molar-refractivity contribution >= 4 is 5.97 Å². The van der Waals surface area contributed by atoms with Crippen molar-refractivity contribution in [3.8, 4) is 5.69 Å². The first-order valence-electron chi connectivity index (χ1n) is 6.00. The van der Waals surface area contributed by atoms with E-state index in [1.54, 1.807) is 29.8 Å². The van der Waals surface area contributed by atoms with Gasteiger partial charge in [-0.2, -0.15) is 0 Å². The quantitative estimate of drug-likeness (QED) is 0.921. The monoisotopic (exact) mass is 262 g/mol. The third kappa shape index (κ3) is 2.99. The number of carboxylic acids is 1. The van der Waals surface area contributed by atoms with Crippen molar-refractivity contribution in [3.63, 3.8) is 0 Å². The molecule has 0 saturated carbocycles. The fraction of sp³-hybridized carbons (Fsp3) is 0.286. The topological polar surface area (TPSA) is 55.1 Å². The normalized spacial score (nSPS) is 10.7. The van der Waals surface area contributed by atoms with Gasteiger partial charge in [-0.1, -0.05) is 6.07 Å². The van der Waals surface area contributed by atoms with Gasteiger partial charge >= 0.3 is 5.97 Å². The third-order valence-electron chi connectivity index (χ3n) is 2.90. The van der Waals surface area contributed by atoms with E-state index in [4.69, 9.17) is 5.11 Å². The molecule has 0 aliphatic carbocycles. The number of benzene rings is 1. The Bertz CT molecular complexity index is 620. The number of halogens is 1. The van der Waals surface area contributed by atoms with Crippen molar-refractivity contribution in [3.05, 3.63) is 47.3 Å². The summed E-state index contributed by atoms with van der Waals surface area (Å²) in [4.78, 5) is 14.8. The second-order valence-corrected chi connectivity index (χ2v) is 4.48. The zero-order chi connectivity index (χ0) is 14.0. The van der Waals surface area contributed by atoms with Crippen LogP contribution in [-0.4, -0.2) is 20.6 Å². The minimum Gasteiger partial charge on any atom is -0.481 e. The Balaban J connectivity index is 2.37. The first-order valence-corrected chi connectivity index (χ1v) is 6.00. The standard InChI is InChI=1S/C14H15FN2O2/c1-9-8-17(10(2)16-9)13-7-11(3-5-12(13)15)4-6-14(18)19/h3,5,7-8H,4,6H2,1-2H3,(H,18,19). The van der Waals surface area contributed by atoms with Gasteiger partial charge in [0.1, 0.15) is 11.6 Å². The molecule has 5 heteroatoms. The highest BCUT2D eigenvalue weighted by Gasteiger charge is 2.10. The molecule has 1 aromatic carbocycles. The first-order chi connectivity index (χ1) is 8.97. The zero-order valence-corrected chi connectivity index (χ0v) is 10.9. The number of imidazole rings is 1. The van der Waals surface area contributed by atoms with Gasteiger partial charge in [-0.15, -0.1) is 0 Å². The maximum absolute atomic E-state index is 13.9. The molecule has 0 bridgehead atoms. The van der Waals surface area contributed by atoms with Crippen LogP contribution in [-0.2, 0) is 11.2 Å². The molecule has 0 aliphatic rings. The highest BCUT2D eigenvalue weighted by Crippen LogP contribution is 2.19. The smallest absolute Gasteiger partial charge is 0.303 e. The summed E-state index contributed by atoms with van der Waals surface area (Å²) in [5.41, 5.74) is 2.01. The Kier molecular flexibility index (Phi) is 3.64. The Morgan fingerprint density at radius 2 is 2.16 bits per heavy atom. The van der Waals surface area contributed by atoms with Crippen LogP contribution in [0.5, 0.6) is 0 Å². The van der Waals surface area contributed by atoms with Crippen molar-refractivity contribution in [1.82, 2.24) is 9.55 Å². The molecule has 1 N–H and O–H groups in total. The lowest BCUT2D eigenvalue weighted by atomic mass is 10.1. The molecular weight excluding hydrogens is 247 g/mol. The lowest BCUT2D eigenvalue weighted by Crippen LogP contribution is -2.02. The fourth-order valence-corrected chi connectivity index (χ4v) is 2.01. The number of nitrogens with zero attached hydrogens (tertiary/aromatic N) is 2. The van der Waals surface area contributed by atoms with Crippen LogP contribution in [0.25, 0.3) is 5.69 Å². The summed E-state index contributed by atoms with van der Waals surface area (Å²) in [5.74, 6) is -0.508. The average Bonchev–Trinajstić information content (AvgIpc) is 2.67. The number of aryl methyl sites for hydroxylation is 3. The van der Waals surface area contributed by atoms with Crippen LogP contribution in [0.2, 0.25) is 0 Å². The first kappa shape index (κ1) is 13.3. The van der Waals surface area contributed by atoms with Gasteiger partial charge < -0.3 is 9.67 Å². The lowest BCUT2D eigenvalue weighted by Gasteiger charge is -2.08. The molecule has 0 aliphatic heterocycles. The van der Waals surface area contributed by atoms with Gasteiger partial charge in [0.2, 0.25) is 0 Å². The van der Waals surface area contributed by atoms with E-state index >= 15 is 0 Å². The van der Waals surface area contributed by atoms with Crippen LogP contribution in [0.4, 0.5) is 4.39 Å². The Labute approximate surface area is 110 Å². The van der Waals surface area contributed by atoms with Gasteiger partial charge in [-0.25, -0.2) is 9.37 Å². The average molecular weight is 262 g/mol. The molecule has 19 heavy (non-hydrogen) atoms. The minimum atomic E-state index is -0.861. The van der Waals surface area contributed by atoms with E-state index in [0.29, 0.717) is 17.9 Å². The van der Waals surface area contributed by atoms with Gasteiger partial charge in [0, 0.05) is 12.6 Å². The van der Waals surface area contributed by atoms with E-state index in [9.17, 15) is 9.18 Å². The largest absolute Gasteiger partial charge is 0.481 e. The Morgan fingerprint density at radius 3 is 2.74 bits per heavy atom. The molecule has 0 saturated heterocycles. The van der Waals surface area contributed by atoms with Gasteiger partial charge in [0.05, 0.1) is 11.4 Å². The molecular formula is C14H15FN2O2. The predicted molar refractivity (Wildman–Crippen MR) is 69.0 cm³/mol. The summed E-state index contributed by atoms with van der Waals surface area (Å²) >= 11 is 0. The van der Waals surface area contributed by atoms with Gasteiger partial charge in [-0.05, 0) is 38.0 Å². The highest BCUT2D eigenvalue weighted by molar-refractivity contribution is 5.67. The summed E-state index contributed by atoms with van der Waals surface area (Å²) in [7, 11) is 0. The number of hydrogen-bond donors (Lipinski definition) is 1. The van der Waals surface area contributed by atoms with Gasteiger partial charge in [0.25, 0.3) is 0 Å². The number of aliphatic carboxylic acids is 1. The van der Waals surface area contributed by atoms with Crippen LogP contribution in [0.15, 0.2) is 24.4 Å². The second kappa shape index (κ2) is 5.22. The zero-order valence-electron chi connectivity index (χ0n) is 10.9. The molecule has 0 unspecified atom stereocenters. The van der Waals surface area contributed by atoms with E-state index in [-0.39, 0.29) is 12.2 Å². The molecule has 4 nitrogen and oxygen atoms in total. The lowest BCUT2D eigenvalue weighted by molar-refractivity contribution is -0.136. The predicted octanol–water partition coefficient (Wildman–Crippen LogP) is 2.65. The molecule has 0 radical (unpaired) electrons. The summed E-state index contributed by atoms with van der Waals surface area (Å²) in [6.07, 6.45) is 2.18. The van der Waals surface area contributed by atoms with Crippen molar-refractivity contribution in [2.24, 2.45) is 0 Å². The maximum Gasteiger partial charge on any atom is 0.303 e. The minimum absolute atomic E-state index is 0.0347. The van der Waals surface area contributed by atoms with Crippen LogP contribution >= 0.6 is 0 Å². The molecule has 2 aromatic rings. The van der Waals surface area contributed by atoms with Gasteiger partial charge in [0.15, 0.2) is 0 Å². The third-order valence-corrected chi connectivity index (χ3v) is 2.90. The molecule has 1 aromatic heterocycles. The summed E-state index contributed by atoms with van der Waals surface area (Å²) in [6, 6.07) is 4.65. The number of rotatable bonds is 4. The van der Waals surface area contributed by atoms with Crippen LogP contribution < -0.4 is 0 Å². The van der Waals surface area contributed by atoms with Crippen LogP contribution in [0.3, 0.4) is 0 Å². The molecule has 0 fully saturated rings. The Hall–Kier alpha value is -2.17. The summed E-state index contributed by atoms with van der Waals surface area (Å²) in [5, 5.41) is 8.67. The van der Waals surface area contributed by atoms with E-state index in [1.165, 1.54) is 6.07 Å². The summed E-state index contributed by atoms with van der Waals surface area (Å²) in [6.45, 7) is 3.64. The number of carboxylic acid groups (broad SMARTS) is 1. The molecule has 0 spiro atoms. The van der Waals surface area contributed by atoms with Crippen molar-refractivity contribution in [2.75, 3.05) is 0 Å². The Morgan fingerprint density at radius 1 is 1.42 bits per heavy atom. The SMILES string of the molecule is Cc1cn(-c2cc(CCC(=O)O)ccc2F)c(C)n1. The fourth-order valence-electron chi connectivity index (χ4n) is 2.01. The van der Waals surface area contributed by atoms with Crippen molar-refractivity contribution in [2.45, 2.75) is 26.7 Å². The molecule has 1 heterocycles. The van der Waals surface area contributed by atoms with Gasteiger partial charge in [-0.3, -0.25) is 4.79 Å². The van der Waals surface area contributed by atoms with E-state index in [2.05, 4.69) is 4.98 Å². The molecule has 2 rings (SSSR count). The second-order valence-electron chi connectivity index (χ2n) is 4.48. The molecule has 0 amide bonds. The van der Waals surface area contributed by atoms with E-state index in [1.807, 2.05) is 6.92 Å². The van der Waals surface area contributed by atoms with E-state index in [0.717, 1.165) is 11.3 Å².